The van der Waals surface area contributed by atoms with Crippen LogP contribution in [0.4, 0.5) is 0 Å². The predicted molar refractivity (Wildman–Crippen MR) is 57.8 cm³/mol. The van der Waals surface area contributed by atoms with Gasteiger partial charge < -0.3 is 5.11 Å². The molecular weight excluding hydrogens is 260 g/mol. The Morgan fingerprint density at radius 3 is 2.87 bits per heavy atom. The van der Waals surface area contributed by atoms with E-state index < -0.39 is 11.9 Å². The molecule has 0 bridgehead atoms. The minimum absolute atomic E-state index is 0.442. The molecule has 80 valence electrons. The van der Waals surface area contributed by atoms with Crippen LogP contribution in [-0.2, 0) is 4.79 Å². The van der Waals surface area contributed by atoms with E-state index in [1.165, 1.54) is 0 Å². The highest BCUT2D eigenvalue weighted by molar-refractivity contribution is 9.10. The lowest BCUT2D eigenvalue weighted by molar-refractivity contribution is -0.138. The average molecular weight is 271 g/mol. The van der Waals surface area contributed by atoms with Crippen LogP contribution in [0.3, 0.4) is 0 Å². The van der Waals surface area contributed by atoms with E-state index in [1.807, 2.05) is 0 Å². The van der Waals surface area contributed by atoms with Gasteiger partial charge in [-0.1, -0.05) is 0 Å². The SMILES string of the molecule is CC(C(=O)O)c1nc(C2CC2)ncc1Br. The van der Waals surface area contributed by atoms with E-state index in [1.54, 1.807) is 13.1 Å². The van der Waals surface area contributed by atoms with Gasteiger partial charge in [0.25, 0.3) is 0 Å². The number of nitrogens with zero attached hydrogens (tertiary/aromatic N) is 2. The van der Waals surface area contributed by atoms with Crippen molar-refractivity contribution >= 4 is 21.9 Å². The number of aliphatic carboxylic acids is 1. The number of halogens is 1. The Morgan fingerprint density at radius 1 is 1.67 bits per heavy atom. The van der Waals surface area contributed by atoms with Crippen LogP contribution in [0, 0.1) is 0 Å². The first-order valence-corrected chi connectivity index (χ1v) is 5.64. The van der Waals surface area contributed by atoms with E-state index >= 15 is 0 Å². The molecule has 0 aliphatic heterocycles. The Morgan fingerprint density at radius 2 is 2.33 bits per heavy atom. The molecule has 0 radical (unpaired) electrons. The summed E-state index contributed by atoms with van der Waals surface area (Å²) in [5.41, 5.74) is 0.569. The normalized spacial score (nSPS) is 17.5. The van der Waals surface area contributed by atoms with Crippen molar-refractivity contribution in [3.8, 4) is 0 Å². The summed E-state index contributed by atoms with van der Waals surface area (Å²) in [4.78, 5) is 19.4. The monoisotopic (exact) mass is 270 g/mol. The molecule has 4 nitrogen and oxygen atoms in total. The second-order valence-electron chi connectivity index (χ2n) is 3.80. The van der Waals surface area contributed by atoms with Gasteiger partial charge in [0.05, 0.1) is 16.1 Å². The maximum atomic E-state index is 10.9. The Kier molecular flexibility index (Phi) is 2.73. The first kappa shape index (κ1) is 10.5. The standard InChI is InChI=1S/C10H11BrN2O2/c1-5(10(14)15)8-7(11)4-12-9(13-8)6-2-3-6/h4-6H,2-3H2,1H3,(H,14,15). The number of carboxylic acid groups (broad SMARTS) is 1. The van der Waals surface area contributed by atoms with Gasteiger partial charge in [-0.2, -0.15) is 0 Å². The number of hydrogen-bond donors (Lipinski definition) is 1. The lowest BCUT2D eigenvalue weighted by Crippen LogP contribution is -2.11. The molecule has 2 rings (SSSR count). The second-order valence-corrected chi connectivity index (χ2v) is 4.65. The summed E-state index contributed by atoms with van der Waals surface area (Å²) in [7, 11) is 0. The Balaban J connectivity index is 2.35. The average Bonchev–Trinajstić information content (AvgIpc) is 3.01. The lowest BCUT2D eigenvalue weighted by Gasteiger charge is -2.09. The van der Waals surface area contributed by atoms with E-state index in [4.69, 9.17) is 5.11 Å². The number of carboxylic acids is 1. The summed E-state index contributed by atoms with van der Waals surface area (Å²) in [5.74, 6) is -0.241. The van der Waals surface area contributed by atoms with E-state index in [9.17, 15) is 4.79 Å². The Bertz CT molecular complexity index is 404. The van der Waals surface area contributed by atoms with Gasteiger partial charge in [-0.05, 0) is 35.7 Å². The molecule has 1 saturated carbocycles. The lowest BCUT2D eigenvalue weighted by atomic mass is 10.1. The second kappa shape index (κ2) is 3.89. The number of rotatable bonds is 3. The van der Waals surface area contributed by atoms with Crippen molar-refractivity contribution in [3.05, 3.63) is 22.2 Å². The molecule has 1 atom stereocenters. The van der Waals surface area contributed by atoms with Gasteiger partial charge in [0.15, 0.2) is 0 Å². The molecule has 1 aromatic rings. The maximum absolute atomic E-state index is 10.9. The highest BCUT2D eigenvalue weighted by Crippen LogP contribution is 2.38. The molecule has 1 aliphatic carbocycles. The minimum Gasteiger partial charge on any atom is -0.481 e. The topological polar surface area (TPSA) is 63.1 Å². The number of carbonyl (C=O) groups is 1. The zero-order valence-electron chi connectivity index (χ0n) is 8.27. The molecule has 1 heterocycles. The first-order chi connectivity index (χ1) is 7.09. The summed E-state index contributed by atoms with van der Waals surface area (Å²) in [6, 6.07) is 0. The van der Waals surface area contributed by atoms with Crippen LogP contribution in [0.2, 0.25) is 0 Å². The van der Waals surface area contributed by atoms with Crippen molar-refractivity contribution < 1.29 is 9.90 Å². The highest BCUT2D eigenvalue weighted by atomic mass is 79.9. The maximum Gasteiger partial charge on any atom is 0.312 e. The van der Waals surface area contributed by atoms with Crippen molar-refractivity contribution in [1.29, 1.82) is 0 Å². The Labute approximate surface area is 95.9 Å². The fourth-order valence-corrected chi connectivity index (χ4v) is 1.89. The summed E-state index contributed by atoms with van der Waals surface area (Å²) in [5, 5.41) is 8.92. The highest BCUT2D eigenvalue weighted by Gasteiger charge is 2.28. The van der Waals surface area contributed by atoms with Gasteiger partial charge >= 0.3 is 5.97 Å². The van der Waals surface area contributed by atoms with Crippen LogP contribution >= 0.6 is 15.9 Å². The molecule has 1 unspecified atom stereocenters. The molecule has 1 fully saturated rings. The third-order valence-electron chi connectivity index (χ3n) is 2.51. The van der Waals surface area contributed by atoms with Gasteiger partial charge in [-0.15, -0.1) is 0 Å². The molecule has 1 aromatic heterocycles. The Hall–Kier alpha value is -0.970. The molecule has 0 spiro atoms. The van der Waals surface area contributed by atoms with Crippen molar-refractivity contribution in [2.45, 2.75) is 31.6 Å². The molecule has 1 N–H and O–H groups in total. The fraction of sp³-hybridized carbons (Fsp3) is 0.500. The smallest absolute Gasteiger partial charge is 0.312 e. The van der Waals surface area contributed by atoms with Crippen LogP contribution < -0.4 is 0 Å². The predicted octanol–water partition coefficient (Wildman–Crippen LogP) is 2.30. The quantitative estimate of drug-likeness (QED) is 0.916. The van der Waals surface area contributed by atoms with Crippen LogP contribution in [0.15, 0.2) is 10.7 Å². The van der Waals surface area contributed by atoms with Crippen molar-refractivity contribution in [2.75, 3.05) is 0 Å². The largest absolute Gasteiger partial charge is 0.481 e. The van der Waals surface area contributed by atoms with Gasteiger partial charge in [0.1, 0.15) is 5.82 Å². The van der Waals surface area contributed by atoms with Gasteiger partial charge in [0, 0.05) is 12.1 Å². The molecule has 1 aliphatic rings. The zero-order valence-corrected chi connectivity index (χ0v) is 9.86. The molecule has 0 saturated heterocycles. The van der Waals surface area contributed by atoms with E-state index in [0.29, 0.717) is 16.1 Å². The van der Waals surface area contributed by atoms with Crippen molar-refractivity contribution in [2.24, 2.45) is 0 Å². The molecule has 5 heteroatoms. The molecule has 0 amide bonds. The van der Waals surface area contributed by atoms with Gasteiger partial charge in [-0.3, -0.25) is 4.79 Å². The minimum atomic E-state index is -0.865. The number of hydrogen-bond acceptors (Lipinski definition) is 3. The fourth-order valence-electron chi connectivity index (χ4n) is 1.35. The van der Waals surface area contributed by atoms with Crippen molar-refractivity contribution in [1.82, 2.24) is 9.97 Å². The molecule has 15 heavy (non-hydrogen) atoms. The third kappa shape index (κ3) is 2.17. The molecule has 0 aromatic carbocycles. The summed E-state index contributed by atoms with van der Waals surface area (Å²) < 4.78 is 0.668. The summed E-state index contributed by atoms with van der Waals surface area (Å²) >= 11 is 3.28. The van der Waals surface area contributed by atoms with Gasteiger partial charge in [0.2, 0.25) is 0 Å². The number of aromatic nitrogens is 2. The summed E-state index contributed by atoms with van der Waals surface area (Å²) in [6.07, 6.45) is 3.88. The van der Waals surface area contributed by atoms with Crippen LogP contribution in [0.5, 0.6) is 0 Å². The van der Waals surface area contributed by atoms with Crippen LogP contribution in [0.25, 0.3) is 0 Å². The first-order valence-electron chi connectivity index (χ1n) is 4.84. The van der Waals surface area contributed by atoms with Gasteiger partial charge in [-0.25, -0.2) is 9.97 Å². The van der Waals surface area contributed by atoms with E-state index in [-0.39, 0.29) is 0 Å². The van der Waals surface area contributed by atoms with Crippen LogP contribution in [0.1, 0.15) is 43.1 Å². The van der Waals surface area contributed by atoms with E-state index in [2.05, 4.69) is 25.9 Å². The third-order valence-corrected chi connectivity index (χ3v) is 3.12. The van der Waals surface area contributed by atoms with E-state index in [0.717, 1.165) is 18.7 Å². The van der Waals surface area contributed by atoms with Crippen LogP contribution in [-0.4, -0.2) is 21.0 Å². The summed E-state index contributed by atoms with van der Waals surface area (Å²) in [6.45, 7) is 1.63. The molecular formula is C10H11BrN2O2. The van der Waals surface area contributed by atoms with Crippen molar-refractivity contribution in [3.63, 3.8) is 0 Å². The zero-order chi connectivity index (χ0) is 11.0.